The van der Waals surface area contributed by atoms with Crippen molar-refractivity contribution in [3.63, 3.8) is 0 Å². The standard InChI is InChI=1S/C12H13NO4S/c14-11-6-12-13(11)7-9(17-12)8-18(15,16)10-4-2-1-3-5-10/h1-5,9,12H,6-8H2. The zero-order valence-corrected chi connectivity index (χ0v) is 10.5. The number of nitrogens with zero attached hydrogens (tertiary/aromatic N) is 1. The molecule has 2 aliphatic rings. The molecule has 18 heavy (non-hydrogen) atoms. The molecule has 0 aliphatic carbocycles. The van der Waals surface area contributed by atoms with Crippen molar-refractivity contribution in [3.05, 3.63) is 30.3 Å². The first-order valence-corrected chi connectivity index (χ1v) is 7.44. The molecule has 2 unspecified atom stereocenters. The van der Waals surface area contributed by atoms with Gasteiger partial charge in [0.05, 0.1) is 29.7 Å². The summed E-state index contributed by atoms with van der Waals surface area (Å²) in [6.45, 7) is 0.384. The first-order chi connectivity index (χ1) is 8.56. The van der Waals surface area contributed by atoms with Crippen LogP contribution < -0.4 is 0 Å². The number of β-lactam (4-membered cyclic amide) rings is 1. The second-order valence-corrected chi connectivity index (χ2v) is 6.59. The number of ether oxygens (including phenoxy) is 1. The van der Waals surface area contributed by atoms with Gasteiger partial charge in [-0.3, -0.25) is 4.79 Å². The molecule has 2 heterocycles. The van der Waals surface area contributed by atoms with E-state index in [0.717, 1.165) is 0 Å². The maximum Gasteiger partial charge on any atom is 0.229 e. The molecule has 2 aliphatic heterocycles. The molecule has 2 fully saturated rings. The van der Waals surface area contributed by atoms with E-state index in [2.05, 4.69) is 0 Å². The Bertz CT molecular complexity index is 569. The lowest BCUT2D eigenvalue weighted by atomic mass is 10.2. The molecule has 1 amide bonds. The number of hydrogen-bond acceptors (Lipinski definition) is 4. The van der Waals surface area contributed by atoms with E-state index >= 15 is 0 Å². The maximum atomic E-state index is 12.1. The number of rotatable bonds is 3. The Morgan fingerprint density at radius 1 is 1.28 bits per heavy atom. The molecule has 5 nitrogen and oxygen atoms in total. The minimum atomic E-state index is -3.34. The van der Waals surface area contributed by atoms with Crippen LogP contribution in [0.4, 0.5) is 0 Å². The third kappa shape index (κ3) is 1.91. The first-order valence-electron chi connectivity index (χ1n) is 5.79. The van der Waals surface area contributed by atoms with Crippen LogP contribution in [0.5, 0.6) is 0 Å². The predicted molar refractivity (Wildman–Crippen MR) is 63.5 cm³/mol. The molecule has 0 spiro atoms. The molecular formula is C12H13NO4S. The van der Waals surface area contributed by atoms with Crippen molar-refractivity contribution >= 4 is 15.7 Å². The van der Waals surface area contributed by atoms with Crippen LogP contribution in [0.3, 0.4) is 0 Å². The Labute approximate surface area is 105 Å². The highest BCUT2D eigenvalue weighted by atomic mass is 32.2. The minimum absolute atomic E-state index is 0.0413. The highest BCUT2D eigenvalue weighted by Gasteiger charge is 2.46. The molecule has 96 valence electrons. The fraction of sp³-hybridized carbons (Fsp3) is 0.417. The minimum Gasteiger partial charge on any atom is -0.352 e. The van der Waals surface area contributed by atoms with E-state index in [4.69, 9.17) is 4.74 Å². The van der Waals surface area contributed by atoms with E-state index in [9.17, 15) is 13.2 Å². The van der Waals surface area contributed by atoms with E-state index < -0.39 is 15.9 Å². The summed E-state index contributed by atoms with van der Waals surface area (Å²) >= 11 is 0. The molecule has 3 rings (SSSR count). The van der Waals surface area contributed by atoms with Gasteiger partial charge in [-0.2, -0.15) is 0 Å². The molecule has 0 N–H and O–H groups in total. The third-order valence-electron chi connectivity index (χ3n) is 3.27. The quantitative estimate of drug-likeness (QED) is 0.744. The monoisotopic (exact) mass is 267 g/mol. The third-order valence-corrected chi connectivity index (χ3v) is 5.08. The van der Waals surface area contributed by atoms with Crippen molar-refractivity contribution in [2.45, 2.75) is 23.6 Å². The van der Waals surface area contributed by atoms with Crippen molar-refractivity contribution in [3.8, 4) is 0 Å². The van der Waals surface area contributed by atoms with Gasteiger partial charge in [0.15, 0.2) is 9.84 Å². The number of amides is 1. The van der Waals surface area contributed by atoms with Crippen LogP contribution in [0.15, 0.2) is 35.2 Å². The molecule has 1 aromatic carbocycles. The van der Waals surface area contributed by atoms with Crippen LogP contribution in [0.1, 0.15) is 6.42 Å². The van der Waals surface area contributed by atoms with E-state index in [-0.39, 0.29) is 17.9 Å². The van der Waals surface area contributed by atoms with Crippen LogP contribution >= 0.6 is 0 Å². The van der Waals surface area contributed by atoms with Gasteiger partial charge in [0.25, 0.3) is 0 Å². The van der Waals surface area contributed by atoms with Crippen molar-refractivity contribution in [1.29, 1.82) is 0 Å². The lowest BCUT2D eigenvalue weighted by Gasteiger charge is -2.31. The summed E-state index contributed by atoms with van der Waals surface area (Å²) in [4.78, 5) is 13.1. The van der Waals surface area contributed by atoms with Gasteiger partial charge in [-0.15, -0.1) is 0 Å². The summed E-state index contributed by atoms with van der Waals surface area (Å²) in [6.07, 6.45) is -0.234. The molecule has 6 heteroatoms. The first kappa shape index (κ1) is 11.7. The summed E-state index contributed by atoms with van der Waals surface area (Å²) < 4.78 is 29.8. The lowest BCUT2D eigenvalue weighted by molar-refractivity contribution is -0.156. The Morgan fingerprint density at radius 3 is 2.61 bits per heavy atom. The Balaban J connectivity index is 1.72. The number of fused-ring (bicyclic) bond motifs is 1. The highest BCUT2D eigenvalue weighted by Crippen LogP contribution is 2.29. The molecule has 0 aromatic heterocycles. The number of carbonyl (C=O) groups excluding carboxylic acids is 1. The van der Waals surface area contributed by atoms with Crippen molar-refractivity contribution in [2.75, 3.05) is 12.3 Å². The van der Waals surface area contributed by atoms with Gasteiger partial charge in [0.1, 0.15) is 6.23 Å². The topological polar surface area (TPSA) is 63.7 Å². The number of hydrogen-bond donors (Lipinski definition) is 0. The molecule has 2 atom stereocenters. The van der Waals surface area contributed by atoms with Crippen LogP contribution in [0.2, 0.25) is 0 Å². The van der Waals surface area contributed by atoms with Crippen LogP contribution in [0, 0.1) is 0 Å². The van der Waals surface area contributed by atoms with Gasteiger partial charge in [-0.1, -0.05) is 18.2 Å². The average Bonchev–Trinajstić information content (AvgIpc) is 2.67. The van der Waals surface area contributed by atoms with Crippen molar-refractivity contribution < 1.29 is 17.9 Å². The van der Waals surface area contributed by atoms with E-state index in [0.29, 0.717) is 17.9 Å². The summed E-state index contributed by atoms with van der Waals surface area (Å²) in [5.41, 5.74) is 0. The van der Waals surface area contributed by atoms with E-state index in [1.165, 1.54) is 0 Å². The van der Waals surface area contributed by atoms with Gasteiger partial charge in [0, 0.05) is 0 Å². The zero-order valence-electron chi connectivity index (χ0n) is 9.65. The predicted octanol–water partition coefficient (Wildman–Crippen LogP) is 0.417. The van der Waals surface area contributed by atoms with E-state index in [1.807, 2.05) is 0 Å². The number of carbonyl (C=O) groups is 1. The van der Waals surface area contributed by atoms with Crippen LogP contribution in [0.25, 0.3) is 0 Å². The fourth-order valence-electron chi connectivity index (χ4n) is 2.31. The second-order valence-electron chi connectivity index (χ2n) is 4.56. The molecule has 0 bridgehead atoms. The summed E-state index contributed by atoms with van der Waals surface area (Å²) in [7, 11) is -3.34. The maximum absolute atomic E-state index is 12.1. The smallest absolute Gasteiger partial charge is 0.229 e. The molecule has 0 radical (unpaired) electrons. The summed E-state index contributed by atoms with van der Waals surface area (Å²) in [6, 6.07) is 8.31. The van der Waals surface area contributed by atoms with Gasteiger partial charge in [-0.25, -0.2) is 8.42 Å². The van der Waals surface area contributed by atoms with Gasteiger partial charge in [-0.05, 0) is 12.1 Å². The van der Waals surface area contributed by atoms with Gasteiger partial charge in [0.2, 0.25) is 5.91 Å². The van der Waals surface area contributed by atoms with Crippen molar-refractivity contribution in [1.82, 2.24) is 4.90 Å². The zero-order chi connectivity index (χ0) is 12.8. The summed E-state index contributed by atoms with van der Waals surface area (Å²) in [5.74, 6) is -0.0308. The van der Waals surface area contributed by atoms with Crippen molar-refractivity contribution in [2.24, 2.45) is 0 Å². The van der Waals surface area contributed by atoms with Crippen LogP contribution in [-0.4, -0.2) is 43.9 Å². The Kier molecular flexibility index (Phi) is 2.64. The molecule has 2 saturated heterocycles. The van der Waals surface area contributed by atoms with E-state index in [1.54, 1.807) is 35.2 Å². The molecular weight excluding hydrogens is 254 g/mol. The second kappa shape index (κ2) is 4.07. The molecule has 0 saturated carbocycles. The SMILES string of the molecule is O=C1CC2OC(CS(=O)(=O)c3ccccc3)CN12. The normalized spacial score (nSPS) is 26.9. The van der Waals surface area contributed by atoms with Crippen LogP contribution in [-0.2, 0) is 19.4 Å². The fourth-order valence-corrected chi connectivity index (χ4v) is 3.75. The lowest BCUT2D eigenvalue weighted by Crippen LogP contribution is -2.48. The molecule has 1 aromatic rings. The number of benzene rings is 1. The Morgan fingerprint density at radius 2 is 2.00 bits per heavy atom. The van der Waals surface area contributed by atoms with Gasteiger partial charge >= 0.3 is 0 Å². The number of sulfone groups is 1. The summed E-state index contributed by atoms with van der Waals surface area (Å²) in [5, 5.41) is 0. The van der Waals surface area contributed by atoms with Gasteiger partial charge < -0.3 is 9.64 Å². The highest BCUT2D eigenvalue weighted by molar-refractivity contribution is 7.91. The largest absolute Gasteiger partial charge is 0.352 e. The average molecular weight is 267 g/mol. The Hall–Kier alpha value is -1.40.